The number of rotatable bonds is 7. The van der Waals surface area contributed by atoms with E-state index in [0.717, 1.165) is 41.1 Å². The maximum Gasteiger partial charge on any atom is 0.320 e. The van der Waals surface area contributed by atoms with E-state index in [2.05, 4.69) is 22.0 Å². The molecule has 4 N–H and O–H groups in total. The summed E-state index contributed by atoms with van der Waals surface area (Å²) in [5.41, 5.74) is 14.7. The van der Waals surface area contributed by atoms with Gasteiger partial charge in [-0.15, -0.1) is 23.1 Å². The number of ether oxygens (including phenoxy) is 1. The molecule has 3 fully saturated rings. The Bertz CT molecular complexity index is 1680. The molecule has 3 aromatic rings. The van der Waals surface area contributed by atoms with Crippen molar-refractivity contribution in [2.24, 2.45) is 0 Å². The van der Waals surface area contributed by atoms with Crippen LogP contribution >= 0.6 is 23.1 Å². The highest BCUT2D eigenvalue weighted by atomic mass is 32.2. The number of thioether (sulfide) groups is 1. The minimum atomic E-state index is -0.872. The maximum atomic E-state index is 14.4. The average molecular weight is 619 g/mol. The molecule has 0 radical (unpaired) electrons. The predicted octanol–water partition coefficient (Wildman–Crippen LogP) is 3.39. The number of nitriles is 2. The molecule has 7 rings (SSSR count). The zero-order valence-electron chi connectivity index (χ0n) is 23.7. The minimum absolute atomic E-state index is 0.150. The molecule has 4 aliphatic rings. The summed E-state index contributed by atoms with van der Waals surface area (Å²) in [6.07, 6.45) is 3.06. The number of aromatic nitrogens is 3. The monoisotopic (exact) mass is 618 g/mol. The third-order valence-electron chi connectivity index (χ3n) is 9.14. The van der Waals surface area contributed by atoms with Crippen LogP contribution in [-0.4, -0.2) is 71.4 Å². The van der Waals surface area contributed by atoms with E-state index in [0.29, 0.717) is 66.2 Å². The number of nitrogens with zero attached hydrogens (tertiary/aromatic N) is 8. The molecule has 222 valence electrons. The topological polar surface area (TPSA) is 157 Å². The molecule has 0 bridgehead atoms. The van der Waals surface area contributed by atoms with E-state index in [1.807, 2.05) is 29.0 Å². The predicted molar refractivity (Wildman–Crippen MR) is 165 cm³/mol. The van der Waals surface area contributed by atoms with Crippen molar-refractivity contribution in [3.05, 3.63) is 45.5 Å². The van der Waals surface area contributed by atoms with Crippen molar-refractivity contribution < 1.29 is 9.13 Å². The van der Waals surface area contributed by atoms with E-state index >= 15 is 0 Å². The molecule has 11 nitrogen and oxygen atoms in total. The molecule has 3 saturated heterocycles. The Hall–Kier alpha value is -3.85. The summed E-state index contributed by atoms with van der Waals surface area (Å²) in [6, 6.07) is 8.50. The Morgan fingerprint density at radius 2 is 2.05 bits per heavy atom. The van der Waals surface area contributed by atoms with E-state index in [1.165, 1.54) is 11.3 Å². The number of alkyl halides is 1. The Morgan fingerprint density at radius 1 is 1.23 bits per heavy atom. The quantitative estimate of drug-likeness (QED) is 0.398. The molecule has 43 heavy (non-hydrogen) atoms. The highest BCUT2D eigenvalue weighted by molar-refractivity contribution is 8.00. The van der Waals surface area contributed by atoms with Gasteiger partial charge in [-0.05, 0) is 25.5 Å². The van der Waals surface area contributed by atoms with E-state index < -0.39 is 6.17 Å². The maximum absolute atomic E-state index is 14.4. The smallest absolute Gasteiger partial charge is 0.320 e. The van der Waals surface area contributed by atoms with Crippen molar-refractivity contribution >= 4 is 45.6 Å². The summed E-state index contributed by atoms with van der Waals surface area (Å²) < 4.78 is 20.4. The van der Waals surface area contributed by atoms with Crippen LogP contribution in [0.1, 0.15) is 46.4 Å². The van der Waals surface area contributed by atoms with E-state index in [4.69, 9.17) is 26.2 Å². The molecular weight excluding hydrogens is 588 g/mol. The van der Waals surface area contributed by atoms with Gasteiger partial charge >= 0.3 is 6.01 Å². The molecule has 1 unspecified atom stereocenters. The summed E-state index contributed by atoms with van der Waals surface area (Å²) in [4.78, 5) is 20.9. The summed E-state index contributed by atoms with van der Waals surface area (Å²) >= 11 is 3.29. The molecule has 4 aliphatic heterocycles. The first kappa shape index (κ1) is 28.0. The van der Waals surface area contributed by atoms with Crippen LogP contribution in [0.2, 0.25) is 0 Å². The van der Waals surface area contributed by atoms with Crippen LogP contribution in [0, 0.1) is 22.7 Å². The summed E-state index contributed by atoms with van der Waals surface area (Å²) in [5.74, 6) is 2.10. The fraction of sp³-hybridized carbons (Fsp3) is 0.483. The average Bonchev–Trinajstić information content (AvgIpc) is 3.69. The lowest BCUT2D eigenvalue weighted by atomic mass is 9.88. The molecule has 0 aliphatic carbocycles. The highest BCUT2D eigenvalue weighted by Gasteiger charge is 2.53. The van der Waals surface area contributed by atoms with Crippen molar-refractivity contribution in [3.8, 4) is 18.1 Å². The van der Waals surface area contributed by atoms with Gasteiger partial charge < -0.3 is 26.0 Å². The van der Waals surface area contributed by atoms with Crippen molar-refractivity contribution in [1.29, 1.82) is 10.5 Å². The number of nitrogens with two attached hydrogens (primary N) is 2. The third-order valence-corrected chi connectivity index (χ3v) is 11.8. The summed E-state index contributed by atoms with van der Waals surface area (Å²) in [6.45, 7) is 3.07. The van der Waals surface area contributed by atoms with Crippen molar-refractivity contribution in [2.75, 3.05) is 61.1 Å². The van der Waals surface area contributed by atoms with Gasteiger partial charge in [0.05, 0.1) is 15.8 Å². The van der Waals surface area contributed by atoms with Gasteiger partial charge in [-0.1, -0.05) is 6.07 Å². The number of hydrogen-bond acceptors (Lipinski definition) is 13. The fourth-order valence-corrected chi connectivity index (χ4v) is 9.89. The van der Waals surface area contributed by atoms with Crippen LogP contribution in [0.5, 0.6) is 6.01 Å². The molecule has 3 aromatic heterocycles. The molecule has 14 heteroatoms. The Kier molecular flexibility index (Phi) is 6.76. The molecule has 7 heterocycles. The molecular formula is C29H31FN10OS2. The minimum Gasteiger partial charge on any atom is -0.461 e. The first-order chi connectivity index (χ1) is 20.8. The fourth-order valence-electron chi connectivity index (χ4n) is 7.09. The Morgan fingerprint density at radius 3 is 2.81 bits per heavy atom. The Labute approximate surface area is 257 Å². The molecule has 0 amide bonds. The zero-order valence-corrected chi connectivity index (χ0v) is 25.3. The van der Waals surface area contributed by atoms with Gasteiger partial charge in [-0.2, -0.15) is 20.5 Å². The van der Waals surface area contributed by atoms with Gasteiger partial charge in [0.1, 0.15) is 41.3 Å². The van der Waals surface area contributed by atoms with E-state index in [9.17, 15) is 14.9 Å². The second-order valence-corrected chi connectivity index (χ2v) is 14.3. The van der Waals surface area contributed by atoms with E-state index in [-0.39, 0.29) is 22.9 Å². The van der Waals surface area contributed by atoms with Crippen molar-refractivity contribution in [2.45, 2.75) is 48.0 Å². The van der Waals surface area contributed by atoms with Gasteiger partial charge in [-0.3, -0.25) is 4.90 Å². The summed E-state index contributed by atoms with van der Waals surface area (Å²) in [7, 11) is 1.84. The number of fused-ring (bicyclic) bond motifs is 3. The number of nitrogen functional groups attached to an aromatic ring is 2. The summed E-state index contributed by atoms with van der Waals surface area (Å²) in [5, 5.41) is 20.8. The first-order valence-corrected chi connectivity index (χ1v) is 16.0. The number of thiophene rings is 1. The highest BCUT2D eigenvalue weighted by Crippen LogP contribution is 2.58. The van der Waals surface area contributed by atoms with Gasteiger partial charge in [0, 0.05) is 67.6 Å². The lowest BCUT2D eigenvalue weighted by Crippen LogP contribution is -2.57. The lowest BCUT2D eigenvalue weighted by molar-refractivity contribution is 0.107. The first-order valence-electron chi connectivity index (χ1n) is 14.2. The molecule has 2 atom stereocenters. The second kappa shape index (κ2) is 10.4. The van der Waals surface area contributed by atoms with Crippen LogP contribution in [0.3, 0.4) is 0 Å². The zero-order chi connectivity index (χ0) is 29.9. The molecule has 1 spiro atoms. The molecule has 0 aromatic carbocycles. The van der Waals surface area contributed by atoms with Crippen molar-refractivity contribution in [3.63, 3.8) is 0 Å². The van der Waals surface area contributed by atoms with Gasteiger partial charge in [0.15, 0.2) is 11.6 Å². The van der Waals surface area contributed by atoms with Crippen LogP contribution in [-0.2, 0) is 17.0 Å². The van der Waals surface area contributed by atoms with Gasteiger partial charge in [0.25, 0.3) is 0 Å². The van der Waals surface area contributed by atoms with Crippen LogP contribution in [0.4, 0.5) is 26.8 Å². The van der Waals surface area contributed by atoms with Crippen LogP contribution in [0.15, 0.2) is 18.3 Å². The largest absolute Gasteiger partial charge is 0.461 e. The normalized spacial score (nSPS) is 23.4. The molecule has 0 saturated carbocycles. The number of hydrogen-bond donors (Lipinski definition) is 2. The number of pyridine rings is 1. The lowest BCUT2D eigenvalue weighted by Gasteiger charge is -2.48. The van der Waals surface area contributed by atoms with Crippen molar-refractivity contribution in [1.82, 2.24) is 19.9 Å². The van der Waals surface area contributed by atoms with Crippen LogP contribution < -0.4 is 26.0 Å². The standard InChI is InChI=1S/C29H31FN10OS2/c1-38(11-17-4-2-6-35-23(17)33)25-20(10-32)26(37-27(36-25)41-16-28-5-3-7-40(28)12-18(30)8-28)39-14-29(15-39)22-19(9-31)24(34)43-21(22)13-42-29/h2,4,6,18H,3,5,7-8,11-16,34H2,1H3,(H2,33,35)/t18?,28-/m0/s1. The van der Waals surface area contributed by atoms with Gasteiger partial charge in [-0.25, -0.2) is 9.37 Å². The van der Waals surface area contributed by atoms with E-state index in [1.54, 1.807) is 18.0 Å². The van der Waals surface area contributed by atoms with Crippen LogP contribution in [0.25, 0.3) is 0 Å². The number of anilines is 4. The second-order valence-electron chi connectivity index (χ2n) is 11.8. The Balaban J connectivity index is 1.22. The van der Waals surface area contributed by atoms with Gasteiger partial charge in [0.2, 0.25) is 0 Å². The SMILES string of the molecule is CN(Cc1cccnc1N)c1nc(OC[C@@]23CCCN2CC(F)C3)nc(N2CC3(C2)SCc2sc(N)c(C#N)c23)c1C#N. The number of halogens is 1. The third kappa shape index (κ3) is 4.51.